The first-order valence-electron chi connectivity index (χ1n) is 15.4. The van der Waals surface area contributed by atoms with Crippen molar-refractivity contribution in [1.82, 2.24) is 0 Å². The van der Waals surface area contributed by atoms with Crippen LogP contribution >= 0.6 is 9.03 Å². The maximum atomic E-state index is 6.57. The first kappa shape index (κ1) is 30.4. The lowest BCUT2D eigenvalue weighted by molar-refractivity contribution is 0.518. The Morgan fingerprint density at radius 1 is 0.378 bits per heavy atom. The summed E-state index contributed by atoms with van der Waals surface area (Å²) in [7, 11) is -0.237. The number of benzene rings is 6. The van der Waals surface area contributed by atoms with Crippen molar-refractivity contribution in [2.45, 2.75) is 41.5 Å². The molecule has 0 saturated heterocycles. The Bertz CT molecular complexity index is 1790. The summed E-state index contributed by atoms with van der Waals surface area (Å²) >= 11 is 0. The van der Waals surface area contributed by atoms with Crippen LogP contribution in [0.2, 0.25) is 0 Å². The summed E-state index contributed by atoms with van der Waals surface area (Å²) in [6, 6.07) is 42.7. The minimum absolute atomic E-state index is 0.237. The van der Waals surface area contributed by atoms with E-state index in [-0.39, 0.29) is 9.03 Å². The molecule has 0 unspecified atom stereocenters. The quantitative estimate of drug-likeness (QED) is 0.161. The van der Waals surface area contributed by atoms with Crippen molar-refractivity contribution in [2.24, 2.45) is 0 Å². The zero-order chi connectivity index (χ0) is 31.5. The van der Waals surface area contributed by atoms with E-state index < -0.39 is 0 Å². The van der Waals surface area contributed by atoms with Gasteiger partial charge in [-0.2, -0.15) is 0 Å². The third kappa shape index (κ3) is 6.30. The van der Waals surface area contributed by atoms with Crippen LogP contribution < -0.4 is 9.05 Å². The van der Waals surface area contributed by atoms with Crippen LogP contribution in [0.3, 0.4) is 0 Å². The molecule has 6 aromatic carbocycles. The van der Waals surface area contributed by atoms with E-state index >= 15 is 0 Å². The van der Waals surface area contributed by atoms with E-state index in [1.807, 2.05) is 0 Å². The zero-order valence-electron chi connectivity index (χ0n) is 26.9. The van der Waals surface area contributed by atoms with Crippen molar-refractivity contribution in [3.8, 4) is 56.0 Å². The van der Waals surface area contributed by atoms with Gasteiger partial charge in [0.1, 0.15) is 11.5 Å². The molecule has 2 nitrogen and oxygen atoms in total. The lowest BCUT2D eigenvalue weighted by atomic mass is 9.88. The lowest BCUT2D eigenvalue weighted by Crippen LogP contribution is -1.97. The molecule has 0 aliphatic carbocycles. The number of hydrogen-bond acceptors (Lipinski definition) is 2. The molecule has 0 atom stereocenters. The molecule has 6 aromatic rings. The standard InChI is InChI=1S/C42H39O2P/c1-27-23-29(3)39(30(4)24-27)35-19-13-21-37(41(35)33-15-9-7-10-16-33)43-45-44-38-22-14-20-36(42(38)34-17-11-8-12-18-34)40-31(5)25-28(2)26-32(40)6/h7-26,45H,1-6H3. The summed E-state index contributed by atoms with van der Waals surface area (Å²) in [5, 5.41) is 0. The molecule has 0 radical (unpaired) electrons. The predicted molar refractivity (Wildman–Crippen MR) is 193 cm³/mol. The van der Waals surface area contributed by atoms with Gasteiger partial charge in [0.25, 0.3) is 9.03 Å². The molecule has 0 saturated carbocycles. The average Bonchev–Trinajstić information content (AvgIpc) is 3.01. The maximum absolute atomic E-state index is 6.57. The molecule has 0 aliphatic rings. The molecular weight excluding hydrogens is 567 g/mol. The molecule has 224 valence electrons. The molecule has 0 amide bonds. The molecule has 0 heterocycles. The summed E-state index contributed by atoms with van der Waals surface area (Å²) in [5.74, 6) is 1.61. The second kappa shape index (κ2) is 13.1. The van der Waals surface area contributed by atoms with Gasteiger partial charge in [0, 0.05) is 11.1 Å². The maximum Gasteiger partial charge on any atom is 0.275 e. The molecule has 6 rings (SSSR count). The van der Waals surface area contributed by atoms with E-state index in [4.69, 9.17) is 9.05 Å². The summed E-state index contributed by atoms with van der Waals surface area (Å²) in [4.78, 5) is 0. The Kier molecular flexibility index (Phi) is 8.87. The highest BCUT2D eigenvalue weighted by Crippen LogP contribution is 2.46. The third-order valence-corrected chi connectivity index (χ3v) is 8.98. The Morgan fingerprint density at radius 3 is 1.09 bits per heavy atom. The number of aryl methyl sites for hydroxylation is 6. The van der Waals surface area contributed by atoms with Gasteiger partial charge in [0.2, 0.25) is 0 Å². The van der Waals surface area contributed by atoms with Gasteiger partial charge in [-0.1, -0.05) is 120 Å². The fourth-order valence-corrected chi connectivity index (χ4v) is 7.34. The molecule has 45 heavy (non-hydrogen) atoms. The normalized spacial score (nSPS) is 11.0. The summed E-state index contributed by atoms with van der Waals surface area (Å²) in [6.45, 7) is 13.1. The van der Waals surface area contributed by atoms with Crippen LogP contribution in [0.5, 0.6) is 11.5 Å². The second-order valence-corrected chi connectivity index (χ2v) is 12.5. The van der Waals surface area contributed by atoms with Crippen LogP contribution in [-0.4, -0.2) is 0 Å². The van der Waals surface area contributed by atoms with Gasteiger partial charge in [-0.15, -0.1) is 0 Å². The molecule has 0 N–H and O–H groups in total. The minimum atomic E-state index is -0.237. The van der Waals surface area contributed by atoms with Crippen molar-refractivity contribution in [3.63, 3.8) is 0 Å². The highest BCUT2D eigenvalue weighted by Gasteiger charge is 2.20. The van der Waals surface area contributed by atoms with Gasteiger partial charge in [-0.25, -0.2) is 0 Å². The molecule has 0 aliphatic heterocycles. The van der Waals surface area contributed by atoms with E-state index in [2.05, 4.69) is 163 Å². The van der Waals surface area contributed by atoms with Crippen LogP contribution in [0, 0.1) is 41.5 Å². The first-order valence-corrected chi connectivity index (χ1v) is 16.3. The van der Waals surface area contributed by atoms with Crippen molar-refractivity contribution >= 4 is 9.03 Å². The smallest absolute Gasteiger partial charge is 0.275 e. The first-order chi connectivity index (χ1) is 21.8. The van der Waals surface area contributed by atoms with Gasteiger partial charge in [0.05, 0.1) is 0 Å². The largest absolute Gasteiger partial charge is 0.440 e. The fourth-order valence-electron chi connectivity index (χ4n) is 6.77. The van der Waals surface area contributed by atoms with Crippen molar-refractivity contribution in [1.29, 1.82) is 0 Å². The van der Waals surface area contributed by atoms with Gasteiger partial charge >= 0.3 is 0 Å². The summed E-state index contributed by atoms with van der Waals surface area (Å²) in [5.41, 5.74) is 16.8. The van der Waals surface area contributed by atoms with Crippen LogP contribution in [-0.2, 0) is 0 Å². The topological polar surface area (TPSA) is 18.5 Å². The highest BCUT2D eigenvalue weighted by atomic mass is 31.1. The molecule has 0 fully saturated rings. The van der Waals surface area contributed by atoms with E-state index in [9.17, 15) is 0 Å². The van der Waals surface area contributed by atoms with Crippen LogP contribution in [0.15, 0.2) is 121 Å². The number of hydrogen-bond donors (Lipinski definition) is 0. The molecule has 0 bridgehead atoms. The van der Waals surface area contributed by atoms with Crippen molar-refractivity contribution in [3.05, 3.63) is 155 Å². The summed E-state index contributed by atoms with van der Waals surface area (Å²) < 4.78 is 13.1. The lowest BCUT2D eigenvalue weighted by Gasteiger charge is -2.21. The summed E-state index contributed by atoms with van der Waals surface area (Å²) in [6.07, 6.45) is 0. The number of rotatable bonds is 8. The van der Waals surface area contributed by atoms with E-state index in [0.717, 1.165) is 44.9 Å². The minimum Gasteiger partial charge on any atom is -0.440 e. The SMILES string of the molecule is Cc1cc(C)c(-c2cccc(OPOc3cccc(-c4c(C)cc(C)cc4C)c3-c3ccccc3)c2-c2ccccc2)c(C)c1. The second-order valence-electron chi connectivity index (χ2n) is 11.9. The zero-order valence-corrected chi connectivity index (χ0v) is 27.9. The van der Waals surface area contributed by atoms with Gasteiger partial charge in [-0.05, 0) is 109 Å². The van der Waals surface area contributed by atoms with E-state index in [1.165, 1.54) is 44.5 Å². The van der Waals surface area contributed by atoms with E-state index in [1.54, 1.807) is 0 Å². The van der Waals surface area contributed by atoms with Crippen molar-refractivity contribution < 1.29 is 9.05 Å². The van der Waals surface area contributed by atoms with Crippen LogP contribution in [0.1, 0.15) is 33.4 Å². The van der Waals surface area contributed by atoms with E-state index in [0.29, 0.717) is 0 Å². The fraction of sp³-hybridized carbons (Fsp3) is 0.143. The Morgan fingerprint density at radius 2 is 0.733 bits per heavy atom. The molecular formula is C42H39O2P. The van der Waals surface area contributed by atoms with Gasteiger partial charge in [0.15, 0.2) is 0 Å². The van der Waals surface area contributed by atoms with Crippen molar-refractivity contribution in [2.75, 3.05) is 0 Å². The average molecular weight is 607 g/mol. The third-order valence-electron chi connectivity index (χ3n) is 8.37. The predicted octanol–water partition coefficient (Wildman–Crippen LogP) is 12.2. The molecule has 0 aromatic heterocycles. The molecule has 3 heteroatoms. The van der Waals surface area contributed by atoms with Crippen LogP contribution in [0.4, 0.5) is 0 Å². The monoisotopic (exact) mass is 606 g/mol. The highest BCUT2D eigenvalue weighted by molar-refractivity contribution is 7.27. The Hall–Kier alpha value is -4.65. The van der Waals surface area contributed by atoms with Crippen LogP contribution in [0.25, 0.3) is 44.5 Å². The Balaban J connectivity index is 1.41. The van der Waals surface area contributed by atoms with Gasteiger partial charge in [-0.3, -0.25) is 0 Å². The molecule has 0 spiro atoms. The van der Waals surface area contributed by atoms with Gasteiger partial charge < -0.3 is 9.05 Å². The Labute approximate surface area is 269 Å².